The third kappa shape index (κ3) is 2.59. The number of benzene rings is 1. The van der Waals surface area contributed by atoms with Crippen LogP contribution in [0.4, 0.5) is 0 Å². The molecule has 1 rings (SSSR count). The molecule has 0 aliphatic rings. The molecule has 0 unspecified atom stereocenters. The molecule has 2 heteroatoms. The monoisotopic (exact) mass is 194 g/mol. The van der Waals surface area contributed by atoms with Gasteiger partial charge in [-0.3, -0.25) is 4.79 Å². The Morgan fingerprint density at radius 1 is 1.38 bits per heavy atom. The molecule has 0 aromatic heterocycles. The molecule has 0 aliphatic carbocycles. The Balaban J connectivity index is 3.01. The van der Waals surface area contributed by atoms with Gasteiger partial charge in [-0.1, -0.05) is 25.1 Å². The van der Waals surface area contributed by atoms with E-state index in [2.05, 4.69) is 19.6 Å². The number of Topliss-reactive ketones (excluding diaryl/α,β-unsaturated/α-hetero) is 1. The molecule has 13 heavy (non-hydrogen) atoms. The fourth-order valence-electron chi connectivity index (χ4n) is 1.34. The van der Waals surface area contributed by atoms with Crippen LogP contribution in [0, 0.1) is 0 Å². The van der Waals surface area contributed by atoms with Gasteiger partial charge in [0.1, 0.15) is 5.78 Å². The molecule has 1 nitrogen and oxygen atoms in total. The number of thiol groups is 1. The molecule has 1 aromatic rings. The lowest BCUT2D eigenvalue weighted by Crippen LogP contribution is -1.99. The van der Waals surface area contributed by atoms with Crippen molar-refractivity contribution < 1.29 is 4.79 Å². The first-order chi connectivity index (χ1) is 6.15. The summed E-state index contributed by atoms with van der Waals surface area (Å²) in [5, 5.41) is 0. The first kappa shape index (κ1) is 10.3. The van der Waals surface area contributed by atoms with Crippen molar-refractivity contribution in [2.45, 2.75) is 31.6 Å². The van der Waals surface area contributed by atoms with Gasteiger partial charge >= 0.3 is 0 Å². The van der Waals surface area contributed by atoms with E-state index in [1.54, 1.807) is 6.92 Å². The standard InChI is InChI=1S/C11H14OS/c1-3-9-5-4-6-10(11(9)13)7-8(2)12/h4-6,13H,3,7H2,1-2H3. The fraction of sp³-hybridized carbons (Fsp3) is 0.364. The maximum Gasteiger partial charge on any atom is 0.134 e. The van der Waals surface area contributed by atoms with Crippen LogP contribution >= 0.6 is 12.6 Å². The Morgan fingerprint density at radius 3 is 2.54 bits per heavy atom. The molecule has 0 radical (unpaired) electrons. The minimum Gasteiger partial charge on any atom is -0.300 e. The number of carbonyl (C=O) groups excluding carboxylic acids is 1. The number of hydrogen-bond acceptors (Lipinski definition) is 2. The van der Waals surface area contributed by atoms with E-state index in [4.69, 9.17) is 0 Å². The lowest BCUT2D eigenvalue weighted by atomic mass is 10.0. The molecule has 0 N–H and O–H groups in total. The van der Waals surface area contributed by atoms with Gasteiger partial charge in [-0.05, 0) is 24.5 Å². The Labute approximate surface area is 84.6 Å². The number of rotatable bonds is 3. The third-order valence-corrected chi connectivity index (χ3v) is 2.60. The molecule has 0 fully saturated rings. The van der Waals surface area contributed by atoms with E-state index in [9.17, 15) is 4.79 Å². The molecule has 1 aromatic carbocycles. The van der Waals surface area contributed by atoms with Crippen molar-refractivity contribution in [1.82, 2.24) is 0 Å². The molecule has 0 aliphatic heterocycles. The summed E-state index contributed by atoms with van der Waals surface area (Å²) >= 11 is 4.41. The van der Waals surface area contributed by atoms with E-state index in [-0.39, 0.29) is 5.78 Å². The Kier molecular flexibility index (Phi) is 3.55. The average molecular weight is 194 g/mol. The molecule has 0 heterocycles. The summed E-state index contributed by atoms with van der Waals surface area (Å²) in [6, 6.07) is 5.99. The van der Waals surface area contributed by atoms with Crippen LogP contribution in [0.2, 0.25) is 0 Å². The summed E-state index contributed by atoms with van der Waals surface area (Å²) in [4.78, 5) is 11.9. The molecule has 0 spiro atoms. The van der Waals surface area contributed by atoms with E-state index < -0.39 is 0 Å². The van der Waals surface area contributed by atoms with Crippen molar-refractivity contribution in [3.8, 4) is 0 Å². The van der Waals surface area contributed by atoms with Crippen LogP contribution in [0.5, 0.6) is 0 Å². The Hall–Kier alpha value is -0.760. The van der Waals surface area contributed by atoms with Gasteiger partial charge in [-0.25, -0.2) is 0 Å². The second-order valence-electron chi connectivity index (χ2n) is 3.16. The number of hydrogen-bond donors (Lipinski definition) is 1. The molecule has 0 bridgehead atoms. The number of carbonyl (C=O) groups is 1. The first-order valence-corrected chi connectivity index (χ1v) is 4.89. The van der Waals surface area contributed by atoms with E-state index in [1.807, 2.05) is 18.2 Å². The fourth-order valence-corrected chi connectivity index (χ4v) is 1.73. The maximum atomic E-state index is 10.9. The highest BCUT2D eigenvalue weighted by molar-refractivity contribution is 7.80. The Bertz CT molecular complexity index is 318. The van der Waals surface area contributed by atoms with Crippen LogP contribution in [0.25, 0.3) is 0 Å². The van der Waals surface area contributed by atoms with Crippen molar-refractivity contribution in [2.75, 3.05) is 0 Å². The topological polar surface area (TPSA) is 17.1 Å². The third-order valence-electron chi connectivity index (χ3n) is 2.02. The van der Waals surface area contributed by atoms with Crippen LogP contribution < -0.4 is 0 Å². The zero-order chi connectivity index (χ0) is 9.84. The van der Waals surface area contributed by atoms with E-state index >= 15 is 0 Å². The van der Waals surface area contributed by atoms with E-state index in [1.165, 1.54) is 5.56 Å². The van der Waals surface area contributed by atoms with Gasteiger partial charge in [0.25, 0.3) is 0 Å². The molecule has 0 saturated heterocycles. The molecular weight excluding hydrogens is 180 g/mol. The van der Waals surface area contributed by atoms with Crippen LogP contribution in [0.1, 0.15) is 25.0 Å². The van der Waals surface area contributed by atoms with Crippen LogP contribution in [0.15, 0.2) is 23.1 Å². The highest BCUT2D eigenvalue weighted by Gasteiger charge is 2.04. The van der Waals surface area contributed by atoms with Gasteiger partial charge in [-0.2, -0.15) is 0 Å². The number of aryl methyl sites for hydroxylation is 1. The highest BCUT2D eigenvalue weighted by Crippen LogP contribution is 2.20. The predicted molar refractivity (Wildman–Crippen MR) is 57.5 cm³/mol. The summed E-state index contributed by atoms with van der Waals surface area (Å²) in [6.45, 7) is 3.69. The minimum absolute atomic E-state index is 0.184. The lowest BCUT2D eigenvalue weighted by molar-refractivity contribution is -0.116. The van der Waals surface area contributed by atoms with Crippen LogP contribution in [0.3, 0.4) is 0 Å². The van der Waals surface area contributed by atoms with Crippen molar-refractivity contribution in [2.24, 2.45) is 0 Å². The van der Waals surface area contributed by atoms with Crippen LogP contribution in [-0.4, -0.2) is 5.78 Å². The minimum atomic E-state index is 0.184. The first-order valence-electron chi connectivity index (χ1n) is 4.44. The summed E-state index contributed by atoms with van der Waals surface area (Å²) in [5.41, 5.74) is 2.25. The van der Waals surface area contributed by atoms with Gasteiger partial charge in [-0.15, -0.1) is 12.6 Å². The van der Waals surface area contributed by atoms with Gasteiger partial charge in [0.05, 0.1) is 0 Å². The van der Waals surface area contributed by atoms with Crippen molar-refractivity contribution in [3.63, 3.8) is 0 Å². The zero-order valence-electron chi connectivity index (χ0n) is 8.00. The molecule has 0 saturated carbocycles. The van der Waals surface area contributed by atoms with Crippen LogP contribution in [-0.2, 0) is 17.6 Å². The SMILES string of the molecule is CCc1cccc(CC(C)=O)c1S. The quantitative estimate of drug-likeness (QED) is 0.732. The molecule has 0 atom stereocenters. The zero-order valence-corrected chi connectivity index (χ0v) is 8.90. The van der Waals surface area contributed by atoms with Crippen molar-refractivity contribution in [3.05, 3.63) is 29.3 Å². The summed E-state index contributed by atoms with van der Waals surface area (Å²) < 4.78 is 0. The smallest absolute Gasteiger partial charge is 0.134 e. The van der Waals surface area contributed by atoms with Gasteiger partial charge < -0.3 is 0 Å². The largest absolute Gasteiger partial charge is 0.300 e. The van der Waals surface area contributed by atoms with Gasteiger partial charge in [0, 0.05) is 11.3 Å². The normalized spacial score (nSPS) is 10.1. The summed E-state index contributed by atoms with van der Waals surface area (Å²) in [7, 11) is 0. The number of ketones is 1. The second-order valence-corrected chi connectivity index (χ2v) is 3.60. The highest BCUT2D eigenvalue weighted by atomic mass is 32.1. The van der Waals surface area contributed by atoms with E-state index in [0.29, 0.717) is 6.42 Å². The summed E-state index contributed by atoms with van der Waals surface area (Å²) in [5.74, 6) is 0.184. The maximum absolute atomic E-state index is 10.9. The Morgan fingerprint density at radius 2 is 2.00 bits per heavy atom. The summed E-state index contributed by atoms with van der Waals surface area (Å²) in [6.07, 6.45) is 1.46. The van der Waals surface area contributed by atoms with Crippen molar-refractivity contribution in [1.29, 1.82) is 0 Å². The second kappa shape index (κ2) is 4.47. The molecule has 70 valence electrons. The van der Waals surface area contributed by atoms with Gasteiger partial charge in [0.15, 0.2) is 0 Å². The molecule has 0 amide bonds. The average Bonchev–Trinajstić information content (AvgIpc) is 2.08. The van der Waals surface area contributed by atoms with Crippen molar-refractivity contribution >= 4 is 18.4 Å². The van der Waals surface area contributed by atoms with Gasteiger partial charge in [0.2, 0.25) is 0 Å². The molecular formula is C11H14OS. The lowest BCUT2D eigenvalue weighted by Gasteiger charge is -2.06. The predicted octanol–water partition coefficient (Wildman–Crippen LogP) is 2.67. The van der Waals surface area contributed by atoms with E-state index in [0.717, 1.165) is 16.9 Å².